The first kappa shape index (κ1) is 16.9. The number of nitrogens with one attached hydrogen (secondary N) is 1. The monoisotopic (exact) mass is 326 g/mol. The van der Waals surface area contributed by atoms with Crippen LogP contribution in [-0.4, -0.2) is 52.1 Å². The minimum atomic E-state index is -3.60. The third kappa shape index (κ3) is 3.66. The summed E-state index contributed by atoms with van der Waals surface area (Å²) in [6.07, 6.45) is -0.330. The predicted octanol–water partition coefficient (Wildman–Crippen LogP) is 0.747. The molecule has 1 amide bonds. The molecule has 1 aliphatic rings. The molecule has 1 aromatic carbocycles. The summed E-state index contributed by atoms with van der Waals surface area (Å²) < 4.78 is 33.0. The molecule has 1 N–H and O–H groups in total. The van der Waals surface area contributed by atoms with Crippen molar-refractivity contribution in [2.24, 2.45) is 0 Å². The van der Waals surface area contributed by atoms with Gasteiger partial charge in [-0.15, -0.1) is 0 Å². The molecule has 1 fully saturated rings. The van der Waals surface area contributed by atoms with Crippen molar-refractivity contribution in [2.75, 3.05) is 26.7 Å². The molecule has 1 atom stereocenters. The number of hydrogen-bond acceptors (Lipinski definition) is 4. The Labute approximate surface area is 131 Å². The Hall–Kier alpha value is -1.44. The van der Waals surface area contributed by atoms with Gasteiger partial charge in [0.25, 0.3) is 0 Å². The standard InChI is InChI=1S/C15H22N2O4S/c1-10-5-11(2)15(12(3)6-10)22(19,20)16-7-13-8-17(4)14(18)9-21-13/h5-6,13,16H,7-9H2,1-4H3. The lowest BCUT2D eigenvalue weighted by molar-refractivity contribution is -0.146. The SMILES string of the molecule is Cc1cc(C)c(S(=O)(=O)NCC2CN(C)C(=O)CO2)c(C)c1. The summed E-state index contributed by atoms with van der Waals surface area (Å²) in [4.78, 5) is 13.2. The van der Waals surface area contributed by atoms with Gasteiger partial charge >= 0.3 is 0 Å². The van der Waals surface area contributed by atoms with Gasteiger partial charge in [0.2, 0.25) is 15.9 Å². The largest absolute Gasteiger partial charge is 0.365 e. The maximum absolute atomic E-state index is 12.5. The van der Waals surface area contributed by atoms with Gasteiger partial charge in [0.1, 0.15) is 6.61 Å². The minimum absolute atomic E-state index is 0.00845. The number of amides is 1. The Morgan fingerprint density at radius 1 is 1.27 bits per heavy atom. The highest BCUT2D eigenvalue weighted by Gasteiger charge is 2.26. The van der Waals surface area contributed by atoms with Crippen LogP contribution in [0.2, 0.25) is 0 Å². The molecular weight excluding hydrogens is 304 g/mol. The number of carbonyl (C=O) groups is 1. The molecule has 1 aliphatic heterocycles. The number of hydrogen-bond donors (Lipinski definition) is 1. The van der Waals surface area contributed by atoms with E-state index < -0.39 is 10.0 Å². The van der Waals surface area contributed by atoms with E-state index in [2.05, 4.69) is 4.72 Å². The summed E-state index contributed by atoms with van der Waals surface area (Å²) in [5.74, 6) is -0.0932. The minimum Gasteiger partial charge on any atom is -0.365 e. The first-order valence-electron chi connectivity index (χ1n) is 7.14. The second-order valence-corrected chi connectivity index (χ2v) is 7.49. The van der Waals surface area contributed by atoms with Crippen LogP contribution in [0.5, 0.6) is 0 Å². The third-order valence-electron chi connectivity index (χ3n) is 3.72. The van der Waals surface area contributed by atoms with Crippen LogP contribution in [0.4, 0.5) is 0 Å². The van der Waals surface area contributed by atoms with Crippen molar-refractivity contribution < 1.29 is 17.9 Å². The Morgan fingerprint density at radius 2 is 1.86 bits per heavy atom. The zero-order chi connectivity index (χ0) is 16.5. The fraction of sp³-hybridized carbons (Fsp3) is 0.533. The van der Waals surface area contributed by atoms with Gasteiger partial charge < -0.3 is 9.64 Å². The molecule has 0 radical (unpaired) electrons. The van der Waals surface area contributed by atoms with Gasteiger partial charge in [-0.05, 0) is 31.9 Å². The van der Waals surface area contributed by atoms with Crippen molar-refractivity contribution in [3.05, 3.63) is 28.8 Å². The lowest BCUT2D eigenvalue weighted by Crippen LogP contribution is -2.48. The number of aryl methyl sites for hydroxylation is 3. The van der Waals surface area contributed by atoms with E-state index in [4.69, 9.17) is 4.74 Å². The summed E-state index contributed by atoms with van der Waals surface area (Å²) in [5, 5.41) is 0. The van der Waals surface area contributed by atoms with Gasteiger partial charge in [-0.1, -0.05) is 17.7 Å². The van der Waals surface area contributed by atoms with Gasteiger partial charge in [0, 0.05) is 20.1 Å². The molecule has 0 spiro atoms. The molecule has 0 bridgehead atoms. The molecule has 22 heavy (non-hydrogen) atoms. The maximum Gasteiger partial charge on any atom is 0.248 e. The number of morpholine rings is 1. The molecule has 0 aliphatic carbocycles. The van der Waals surface area contributed by atoms with Crippen molar-refractivity contribution in [3.8, 4) is 0 Å². The lowest BCUT2D eigenvalue weighted by Gasteiger charge is -2.30. The maximum atomic E-state index is 12.5. The average molecular weight is 326 g/mol. The van der Waals surface area contributed by atoms with Crippen molar-refractivity contribution in [3.63, 3.8) is 0 Å². The molecule has 1 unspecified atom stereocenters. The molecule has 1 heterocycles. The van der Waals surface area contributed by atoms with Crippen molar-refractivity contribution in [1.82, 2.24) is 9.62 Å². The number of ether oxygens (including phenoxy) is 1. The number of rotatable bonds is 4. The normalized spacial score (nSPS) is 19.5. The second-order valence-electron chi connectivity index (χ2n) is 5.79. The van der Waals surface area contributed by atoms with Crippen LogP contribution in [0.15, 0.2) is 17.0 Å². The summed E-state index contributed by atoms with van der Waals surface area (Å²) in [7, 11) is -1.92. The van der Waals surface area contributed by atoms with Crippen molar-refractivity contribution in [1.29, 1.82) is 0 Å². The molecule has 1 saturated heterocycles. The van der Waals surface area contributed by atoms with Gasteiger partial charge in [-0.25, -0.2) is 13.1 Å². The Bertz CT molecular complexity index is 662. The quantitative estimate of drug-likeness (QED) is 0.886. The van der Waals surface area contributed by atoms with Crippen LogP contribution in [-0.2, 0) is 19.6 Å². The van der Waals surface area contributed by atoms with Gasteiger partial charge in [-0.2, -0.15) is 0 Å². The lowest BCUT2D eigenvalue weighted by atomic mass is 10.1. The van der Waals surface area contributed by atoms with Gasteiger partial charge in [0.15, 0.2) is 0 Å². The molecule has 2 rings (SSSR count). The number of sulfonamides is 1. The van der Waals surface area contributed by atoms with E-state index in [9.17, 15) is 13.2 Å². The average Bonchev–Trinajstić information content (AvgIpc) is 2.38. The Kier molecular flexibility index (Phi) is 4.89. The van der Waals surface area contributed by atoms with E-state index in [1.54, 1.807) is 25.8 Å². The van der Waals surface area contributed by atoms with Crippen LogP contribution < -0.4 is 4.72 Å². The van der Waals surface area contributed by atoms with Crippen molar-refractivity contribution >= 4 is 15.9 Å². The van der Waals surface area contributed by atoms with Crippen LogP contribution in [0.1, 0.15) is 16.7 Å². The van der Waals surface area contributed by atoms with Crippen LogP contribution >= 0.6 is 0 Å². The summed E-state index contributed by atoms with van der Waals surface area (Å²) in [6, 6.07) is 3.70. The summed E-state index contributed by atoms with van der Waals surface area (Å²) in [5.41, 5.74) is 2.48. The van der Waals surface area contributed by atoms with E-state index >= 15 is 0 Å². The van der Waals surface area contributed by atoms with E-state index in [0.717, 1.165) is 16.7 Å². The Balaban J connectivity index is 2.11. The van der Waals surface area contributed by atoms with E-state index in [-0.39, 0.29) is 25.2 Å². The van der Waals surface area contributed by atoms with Gasteiger partial charge in [-0.3, -0.25) is 4.79 Å². The number of carbonyl (C=O) groups excluding carboxylic acids is 1. The van der Waals surface area contributed by atoms with Crippen LogP contribution in [0.25, 0.3) is 0 Å². The molecule has 1 aromatic rings. The number of benzene rings is 1. The van der Waals surface area contributed by atoms with E-state index in [0.29, 0.717) is 11.4 Å². The molecule has 7 heteroatoms. The highest BCUT2D eigenvalue weighted by Crippen LogP contribution is 2.21. The summed E-state index contributed by atoms with van der Waals surface area (Å²) >= 11 is 0. The first-order valence-corrected chi connectivity index (χ1v) is 8.62. The fourth-order valence-corrected chi connectivity index (χ4v) is 4.26. The predicted molar refractivity (Wildman–Crippen MR) is 83.2 cm³/mol. The third-order valence-corrected chi connectivity index (χ3v) is 5.45. The molecular formula is C15H22N2O4S. The number of likely N-dealkylation sites (N-methyl/N-ethyl adjacent to an activating group) is 1. The van der Waals surface area contributed by atoms with Crippen LogP contribution in [0, 0.1) is 20.8 Å². The second kappa shape index (κ2) is 6.36. The fourth-order valence-electron chi connectivity index (χ4n) is 2.75. The number of nitrogens with zero attached hydrogens (tertiary/aromatic N) is 1. The van der Waals surface area contributed by atoms with E-state index in [1.807, 2.05) is 19.1 Å². The van der Waals surface area contributed by atoms with Gasteiger partial charge in [0.05, 0.1) is 11.0 Å². The topological polar surface area (TPSA) is 75.7 Å². The highest BCUT2D eigenvalue weighted by atomic mass is 32.2. The molecule has 122 valence electrons. The molecule has 0 saturated carbocycles. The first-order chi connectivity index (χ1) is 10.2. The molecule has 6 nitrogen and oxygen atoms in total. The summed E-state index contributed by atoms with van der Waals surface area (Å²) in [6.45, 7) is 6.04. The highest BCUT2D eigenvalue weighted by molar-refractivity contribution is 7.89. The molecule has 0 aromatic heterocycles. The Morgan fingerprint density at radius 3 is 2.41 bits per heavy atom. The van der Waals surface area contributed by atoms with E-state index in [1.165, 1.54) is 0 Å². The zero-order valence-corrected chi connectivity index (χ0v) is 14.2. The smallest absolute Gasteiger partial charge is 0.248 e. The van der Waals surface area contributed by atoms with Crippen molar-refractivity contribution in [2.45, 2.75) is 31.8 Å². The van der Waals surface area contributed by atoms with Crippen LogP contribution in [0.3, 0.4) is 0 Å². The zero-order valence-electron chi connectivity index (χ0n) is 13.3.